The van der Waals surface area contributed by atoms with Crippen molar-refractivity contribution >= 4 is 23.2 Å². The van der Waals surface area contributed by atoms with Crippen LogP contribution in [0.2, 0.25) is 0 Å². The maximum absolute atomic E-state index is 12.3. The molecule has 120 valence electrons. The first kappa shape index (κ1) is 16.5. The van der Waals surface area contributed by atoms with Crippen LogP contribution in [0.5, 0.6) is 0 Å². The maximum Gasteiger partial charge on any atom is 0.227 e. The van der Waals surface area contributed by atoms with Gasteiger partial charge in [0.05, 0.1) is 0 Å². The molecular formula is C17H25N3O2. The smallest absolute Gasteiger partial charge is 0.227 e. The van der Waals surface area contributed by atoms with E-state index in [0.29, 0.717) is 13.0 Å². The molecular weight excluding hydrogens is 278 g/mol. The number of carbonyl (C=O) groups excluding carboxylic acids is 2. The SMILES string of the molecule is Cc1cc(NC(=O)CCN)ccc1NC(=O)C1CCCCC1. The van der Waals surface area contributed by atoms with Crippen molar-refractivity contribution < 1.29 is 9.59 Å². The molecule has 1 aromatic rings. The normalized spacial score (nSPS) is 15.4. The lowest BCUT2D eigenvalue weighted by molar-refractivity contribution is -0.120. The van der Waals surface area contributed by atoms with Crippen LogP contribution in [0.1, 0.15) is 44.1 Å². The van der Waals surface area contributed by atoms with E-state index < -0.39 is 0 Å². The van der Waals surface area contributed by atoms with E-state index in [9.17, 15) is 9.59 Å². The molecule has 4 N–H and O–H groups in total. The first-order chi connectivity index (χ1) is 10.6. The maximum atomic E-state index is 12.3. The van der Waals surface area contributed by atoms with Crippen LogP contribution >= 0.6 is 0 Å². The van der Waals surface area contributed by atoms with Crippen molar-refractivity contribution in [2.45, 2.75) is 45.4 Å². The average molecular weight is 303 g/mol. The summed E-state index contributed by atoms with van der Waals surface area (Å²) in [6, 6.07) is 5.51. The molecule has 1 aliphatic rings. The molecule has 5 nitrogen and oxygen atoms in total. The topological polar surface area (TPSA) is 84.2 Å². The number of hydrogen-bond acceptors (Lipinski definition) is 3. The first-order valence-electron chi connectivity index (χ1n) is 8.01. The molecule has 0 radical (unpaired) electrons. The lowest BCUT2D eigenvalue weighted by Crippen LogP contribution is -2.25. The molecule has 0 bridgehead atoms. The summed E-state index contributed by atoms with van der Waals surface area (Å²) in [6.07, 6.45) is 5.79. The molecule has 0 saturated heterocycles. The minimum atomic E-state index is -0.0964. The molecule has 0 atom stereocenters. The van der Waals surface area contributed by atoms with E-state index in [-0.39, 0.29) is 17.7 Å². The zero-order chi connectivity index (χ0) is 15.9. The highest BCUT2D eigenvalue weighted by molar-refractivity contribution is 5.94. The van der Waals surface area contributed by atoms with E-state index in [0.717, 1.165) is 42.6 Å². The summed E-state index contributed by atoms with van der Waals surface area (Å²) in [5.74, 6) is 0.153. The number of amides is 2. The van der Waals surface area contributed by atoms with Gasteiger partial charge in [-0.3, -0.25) is 9.59 Å². The Hall–Kier alpha value is -1.88. The van der Waals surface area contributed by atoms with Gasteiger partial charge in [-0.25, -0.2) is 0 Å². The molecule has 1 aromatic carbocycles. The third-order valence-electron chi connectivity index (χ3n) is 4.12. The molecule has 2 amide bonds. The highest BCUT2D eigenvalue weighted by Crippen LogP contribution is 2.26. The molecule has 2 rings (SSSR count). The molecule has 22 heavy (non-hydrogen) atoms. The van der Waals surface area contributed by atoms with Gasteiger partial charge in [-0.2, -0.15) is 0 Å². The van der Waals surface area contributed by atoms with E-state index in [1.807, 2.05) is 19.1 Å². The number of rotatable bonds is 5. The van der Waals surface area contributed by atoms with E-state index in [1.54, 1.807) is 6.07 Å². The van der Waals surface area contributed by atoms with Crippen molar-refractivity contribution in [3.8, 4) is 0 Å². The second kappa shape index (κ2) is 7.94. The van der Waals surface area contributed by atoms with Crippen LogP contribution in [0.3, 0.4) is 0 Å². The van der Waals surface area contributed by atoms with Gasteiger partial charge in [0.15, 0.2) is 0 Å². The van der Waals surface area contributed by atoms with Crippen LogP contribution < -0.4 is 16.4 Å². The summed E-state index contributed by atoms with van der Waals surface area (Å²) in [5.41, 5.74) is 7.83. The molecule has 0 aliphatic heterocycles. The summed E-state index contributed by atoms with van der Waals surface area (Å²) in [6.45, 7) is 2.26. The minimum absolute atomic E-state index is 0.0964. The van der Waals surface area contributed by atoms with Gasteiger partial charge in [0.25, 0.3) is 0 Å². The van der Waals surface area contributed by atoms with Crippen molar-refractivity contribution in [2.24, 2.45) is 11.7 Å². The highest BCUT2D eigenvalue weighted by atomic mass is 16.2. The summed E-state index contributed by atoms with van der Waals surface area (Å²) in [7, 11) is 0. The molecule has 5 heteroatoms. The third kappa shape index (κ3) is 4.56. The number of benzene rings is 1. The van der Waals surface area contributed by atoms with Gasteiger partial charge in [0, 0.05) is 30.3 Å². The Morgan fingerprint density at radius 1 is 1.18 bits per heavy atom. The Kier molecular flexibility index (Phi) is 5.95. The molecule has 1 saturated carbocycles. The number of nitrogens with two attached hydrogens (primary N) is 1. The fraction of sp³-hybridized carbons (Fsp3) is 0.529. The fourth-order valence-corrected chi connectivity index (χ4v) is 2.84. The zero-order valence-electron chi connectivity index (χ0n) is 13.2. The van der Waals surface area contributed by atoms with Crippen molar-refractivity contribution in [1.82, 2.24) is 0 Å². The molecule has 1 fully saturated rings. The molecule has 0 aromatic heterocycles. The van der Waals surface area contributed by atoms with Crippen LogP contribution in [0, 0.1) is 12.8 Å². The van der Waals surface area contributed by atoms with Gasteiger partial charge in [0.2, 0.25) is 11.8 Å². The molecule has 0 unspecified atom stereocenters. The predicted molar refractivity (Wildman–Crippen MR) is 88.7 cm³/mol. The number of hydrogen-bond donors (Lipinski definition) is 3. The van der Waals surface area contributed by atoms with Gasteiger partial charge < -0.3 is 16.4 Å². The summed E-state index contributed by atoms with van der Waals surface area (Å²) < 4.78 is 0. The lowest BCUT2D eigenvalue weighted by Gasteiger charge is -2.21. The van der Waals surface area contributed by atoms with E-state index in [2.05, 4.69) is 10.6 Å². The van der Waals surface area contributed by atoms with Crippen molar-refractivity contribution in [1.29, 1.82) is 0 Å². The Labute approximate surface area is 131 Å². The summed E-state index contributed by atoms with van der Waals surface area (Å²) in [5, 5.41) is 5.81. The largest absolute Gasteiger partial charge is 0.330 e. The molecule has 0 heterocycles. The lowest BCUT2D eigenvalue weighted by atomic mass is 9.88. The second-order valence-electron chi connectivity index (χ2n) is 5.94. The van der Waals surface area contributed by atoms with Crippen molar-refractivity contribution in [2.75, 3.05) is 17.2 Å². The van der Waals surface area contributed by atoms with Gasteiger partial charge in [0.1, 0.15) is 0 Å². The number of anilines is 2. The second-order valence-corrected chi connectivity index (χ2v) is 5.94. The zero-order valence-corrected chi connectivity index (χ0v) is 13.2. The van der Waals surface area contributed by atoms with E-state index in [4.69, 9.17) is 5.73 Å². The van der Waals surface area contributed by atoms with Crippen LogP contribution in [-0.4, -0.2) is 18.4 Å². The fourth-order valence-electron chi connectivity index (χ4n) is 2.84. The highest BCUT2D eigenvalue weighted by Gasteiger charge is 2.21. The minimum Gasteiger partial charge on any atom is -0.330 e. The van der Waals surface area contributed by atoms with Crippen LogP contribution in [0.25, 0.3) is 0 Å². The Morgan fingerprint density at radius 3 is 2.55 bits per heavy atom. The summed E-state index contributed by atoms with van der Waals surface area (Å²) >= 11 is 0. The first-order valence-corrected chi connectivity index (χ1v) is 8.01. The molecule has 1 aliphatic carbocycles. The Balaban J connectivity index is 1.97. The van der Waals surface area contributed by atoms with Crippen molar-refractivity contribution in [3.05, 3.63) is 23.8 Å². The quantitative estimate of drug-likeness (QED) is 0.782. The van der Waals surface area contributed by atoms with Crippen LogP contribution in [-0.2, 0) is 9.59 Å². The third-order valence-corrected chi connectivity index (χ3v) is 4.12. The average Bonchev–Trinajstić information content (AvgIpc) is 2.51. The predicted octanol–water partition coefficient (Wildman–Crippen LogP) is 2.80. The van der Waals surface area contributed by atoms with Gasteiger partial charge in [-0.15, -0.1) is 0 Å². The van der Waals surface area contributed by atoms with Crippen LogP contribution in [0.4, 0.5) is 11.4 Å². The van der Waals surface area contributed by atoms with E-state index in [1.165, 1.54) is 6.42 Å². The monoisotopic (exact) mass is 303 g/mol. The Morgan fingerprint density at radius 2 is 1.91 bits per heavy atom. The summed E-state index contributed by atoms with van der Waals surface area (Å²) in [4.78, 5) is 23.8. The van der Waals surface area contributed by atoms with Crippen molar-refractivity contribution in [3.63, 3.8) is 0 Å². The van der Waals surface area contributed by atoms with E-state index >= 15 is 0 Å². The Bertz CT molecular complexity index is 537. The van der Waals surface area contributed by atoms with Gasteiger partial charge in [-0.1, -0.05) is 19.3 Å². The number of carbonyl (C=O) groups is 2. The van der Waals surface area contributed by atoms with Gasteiger partial charge >= 0.3 is 0 Å². The van der Waals surface area contributed by atoms with Crippen LogP contribution in [0.15, 0.2) is 18.2 Å². The standard InChI is InChI=1S/C17H25N3O2/c1-12-11-14(19-16(21)9-10-18)7-8-15(12)20-17(22)13-5-3-2-4-6-13/h7-8,11,13H,2-6,9-10,18H2,1H3,(H,19,21)(H,20,22). The molecule has 0 spiro atoms. The number of aryl methyl sites for hydroxylation is 1. The number of nitrogens with one attached hydrogen (secondary N) is 2. The van der Waals surface area contributed by atoms with Gasteiger partial charge in [-0.05, 0) is 43.5 Å².